The van der Waals surface area contributed by atoms with Gasteiger partial charge in [0.1, 0.15) is 0 Å². The Labute approximate surface area is 193 Å². The third kappa shape index (κ3) is 2.57. The van der Waals surface area contributed by atoms with E-state index in [9.17, 15) is 0 Å². The first-order valence-electron chi connectivity index (χ1n) is 11.6. The molecule has 156 valence electrons. The standard InChI is InChI=1S/C32H23N/c1-32(2)27-10-6-5-9-26(27)31-28(32)17-18-29(33-31)23-15-16-25-22(19-23)14-13-21-12-11-20-7-3-4-8-24(20)30(21)25/h3-19H,1-2H3. The van der Waals surface area contributed by atoms with Crippen molar-refractivity contribution in [1.29, 1.82) is 0 Å². The van der Waals surface area contributed by atoms with Crippen molar-refractivity contribution < 1.29 is 0 Å². The van der Waals surface area contributed by atoms with Crippen LogP contribution in [0.15, 0.2) is 103 Å². The predicted octanol–water partition coefficient (Wildman–Crippen LogP) is 8.51. The fraction of sp³-hybridized carbons (Fsp3) is 0.0938. The molecular weight excluding hydrogens is 398 g/mol. The minimum absolute atomic E-state index is 0.0131. The highest BCUT2D eigenvalue weighted by Crippen LogP contribution is 2.48. The van der Waals surface area contributed by atoms with Crippen molar-refractivity contribution in [2.45, 2.75) is 19.3 Å². The van der Waals surface area contributed by atoms with Gasteiger partial charge in [0.05, 0.1) is 11.4 Å². The highest BCUT2D eigenvalue weighted by Gasteiger charge is 2.36. The molecular formula is C32H23N. The molecule has 7 rings (SSSR count). The second kappa shape index (κ2) is 6.52. The van der Waals surface area contributed by atoms with Gasteiger partial charge in [-0.25, -0.2) is 4.98 Å². The Hall–Kier alpha value is -3.97. The molecule has 1 heterocycles. The number of rotatable bonds is 1. The zero-order valence-electron chi connectivity index (χ0n) is 18.8. The Bertz CT molecular complexity index is 1740. The van der Waals surface area contributed by atoms with Gasteiger partial charge in [0.15, 0.2) is 0 Å². The minimum atomic E-state index is -0.0131. The molecule has 0 unspecified atom stereocenters. The first-order chi connectivity index (χ1) is 16.1. The van der Waals surface area contributed by atoms with Crippen LogP contribution in [0, 0.1) is 0 Å². The summed E-state index contributed by atoms with van der Waals surface area (Å²) in [5, 5.41) is 7.74. The van der Waals surface area contributed by atoms with E-state index in [1.54, 1.807) is 0 Å². The van der Waals surface area contributed by atoms with E-state index in [1.165, 1.54) is 49.0 Å². The van der Waals surface area contributed by atoms with Crippen molar-refractivity contribution in [2.75, 3.05) is 0 Å². The van der Waals surface area contributed by atoms with E-state index in [2.05, 4.69) is 117 Å². The third-order valence-electron chi connectivity index (χ3n) is 7.44. The van der Waals surface area contributed by atoms with E-state index in [-0.39, 0.29) is 5.41 Å². The number of nitrogens with zero attached hydrogens (tertiary/aromatic N) is 1. The second-order valence-corrected chi connectivity index (χ2v) is 9.65. The molecule has 0 N–H and O–H groups in total. The lowest BCUT2D eigenvalue weighted by Gasteiger charge is -2.20. The maximum Gasteiger partial charge on any atom is 0.0753 e. The van der Waals surface area contributed by atoms with Gasteiger partial charge in [-0.2, -0.15) is 0 Å². The van der Waals surface area contributed by atoms with Crippen molar-refractivity contribution in [1.82, 2.24) is 4.98 Å². The summed E-state index contributed by atoms with van der Waals surface area (Å²) in [5.41, 5.74) is 7.23. The summed E-state index contributed by atoms with van der Waals surface area (Å²) in [6, 6.07) is 37.5. The molecule has 0 spiro atoms. The zero-order valence-corrected chi connectivity index (χ0v) is 18.8. The van der Waals surface area contributed by atoms with Crippen molar-refractivity contribution in [2.24, 2.45) is 0 Å². The first-order valence-corrected chi connectivity index (χ1v) is 11.6. The van der Waals surface area contributed by atoms with Crippen molar-refractivity contribution in [3.8, 4) is 22.5 Å². The molecule has 1 aromatic heterocycles. The van der Waals surface area contributed by atoms with Crippen LogP contribution in [-0.2, 0) is 5.41 Å². The number of hydrogen-bond donors (Lipinski definition) is 0. The van der Waals surface area contributed by atoms with Crippen LogP contribution in [0.5, 0.6) is 0 Å². The molecule has 1 nitrogen and oxygen atoms in total. The van der Waals surface area contributed by atoms with Crippen LogP contribution in [0.4, 0.5) is 0 Å². The summed E-state index contributed by atoms with van der Waals surface area (Å²) in [6.45, 7) is 4.59. The Morgan fingerprint density at radius 2 is 1.30 bits per heavy atom. The number of hydrogen-bond acceptors (Lipinski definition) is 1. The maximum absolute atomic E-state index is 5.18. The Morgan fingerprint density at radius 3 is 2.21 bits per heavy atom. The molecule has 1 heteroatoms. The summed E-state index contributed by atoms with van der Waals surface area (Å²) in [5.74, 6) is 0. The van der Waals surface area contributed by atoms with Crippen LogP contribution in [0.3, 0.4) is 0 Å². The van der Waals surface area contributed by atoms with Gasteiger partial charge >= 0.3 is 0 Å². The maximum atomic E-state index is 5.18. The van der Waals surface area contributed by atoms with Crippen LogP contribution in [0.1, 0.15) is 25.0 Å². The molecule has 0 radical (unpaired) electrons. The molecule has 6 aromatic rings. The van der Waals surface area contributed by atoms with Gasteiger partial charge < -0.3 is 0 Å². The van der Waals surface area contributed by atoms with Gasteiger partial charge in [-0.3, -0.25) is 0 Å². The van der Waals surface area contributed by atoms with E-state index >= 15 is 0 Å². The van der Waals surface area contributed by atoms with Gasteiger partial charge in [0.2, 0.25) is 0 Å². The smallest absolute Gasteiger partial charge is 0.0753 e. The lowest BCUT2D eigenvalue weighted by atomic mass is 9.83. The topological polar surface area (TPSA) is 12.9 Å². The minimum Gasteiger partial charge on any atom is -0.247 e. The van der Waals surface area contributed by atoms with E-state index in [0.29, 0.717) is 0 Å². The number of pyridine rings is 1. The monoisotopic (exact) mass is 421 g/mol. The summed E-state index contributed by atoms with van der Waals surface area (Å²) in [7, 11) is 0. The van der Waals surface area contributed by atoms with Gasteiger partial charge in [-0.15, -0.1) is 0 Å². The van der Waals surface area contributed by atoms with Crippen LogP contribution in [-0.4, -0.2) is 4.98 Å². The average Bonchev–Trinajstić information content (AvgIpc) is 3.10. The molecule has 1 aliphatic carbocycles. The average molecular weight is 422 g/mol. The molecule has 0 bridgehead atoms. The normalized spacial score (nSPS) is 14.0. The lowest BCUT2D eigenvalue weighted by molar-refractivity contribution is 0.659. The summed E-state index contributed by atoms with van der Waals surface area (Å²) in [4.78, 5) is 5.18. The van der Waals surface area contributed by atoms with Gasteiger partial charge in [-0.1, -0.05) is 105 Å². The van der Waals surface area contributed by atoms with Crippen molar-refractivity contribution in [3.63, 3.8) is 0 Å². The summed E-state index contributed by atoms with van der Waals surface area (Å²) < 4.78 is 0. The van der Waals surface area contributed by atoms with Crippen LogP contribution in [0.2, 0.25) is 0 Å². The largest absolute Gasteiger partial charge is 0.247 e. The molecule has 0 aliphatic heterocycles. The van der Waals surface area contributed by atoms with Crippen LogP contribution >= 0.6 is 0 Å². The Kier molecular flexibility index (Phi) is 3.67. The van der Waals surface area contributed by atoms with E-state index in [4.69, 9.17) is 4.98 Å². The van der Waals surface area contributed by atoms with Gasteiger partial charge in [0, 0.05) is 16.5 Å². The number of fused-ring (bicyclic) bond motifs is 8. The fourth-order valence-electron chi connectivity index (χ4n) is 5.70. The third-order valence-corrected chi connectivity index (χ3v) is 7.44. The molecule has 0 atom stereocenters. The van der Waals surface area contributed by atoms with Crippen LogP contribution < -0.4 is 0 Å². The molecule has 5 aromatic carbocycles. The zero-order chi connectivity index (χ0) is 22.2. The molecule has 0 fully saturated rings. The highest BCUT2D eigenvalue weighted by molar-refractivity contribution is 6.20. The van der Waals surface area contributed by atoms with E-state index in [1.807, 2.05) is 0 Å². The first kappa shape index (κ1) is 18.6. The number of aromatic nitrogens is 1. The number of benzene rings is 5. The predicted molar refractivity (Wildman–Crippen MR) is 140 cm³/mol. The molecule has 0 saturated heterocycles. The summed E-state index contributed by atoms with van der Waals surface area (Å²) >= 11 is 0. The fourth-order valence-corrected chi connectivity index (χ4v) is 5.70. The molecule has 1 aliphatic rings. The SMILES string of the molecule is CC1(C)c2ccccc2-c2nc(-c3ccc4c(ccc5ccc6ccccc6c54)c3)ccc21. The molecule has 33 heavy (non-hydrogen) atoms. The van der Waals surface area contributed by atoms with E-state index in [0.717, 1.165) is 17.0 Å². The van der Waals surface area contributed by atoms with Crippen molar-refractivity contribution in [3.05, 3.63) is 114 Å². The lowest BCUT2D eigenvalue weighted by Crippen LogP contribution is -2.14. The van der Waals surface area contributed by atoms with Crippen molar-refractivity contribution >= 4 is 32.3 Å². The molecule has 0 amide bonds. The summed E-state index contributed by atoms with van der Waals surface area (Å²) in [6.07, 6.45) is 0. The quantitative estimate of drug-likeness (QED) is 0.242. The Balaban J connectivity index is 1.44. The van der Waals surface area contributed by atoms with Crippen LogP contribution in [0.25, 0.3) is 54.8 Å². The second-order valence-electron chi connectivity index (χ2n) is 9.65. The Morgan fingerprint density at radius 1 is 0.576 bits per heavy atom. The highest BCUT2D eigenvalue weighted by atomic mass is 14.7. The van der Waals surface area contributed by atoms with E-state index < -0.39 is 0 Å². The molecule has 0 saturated carbocycles. The van der Waals surface area contributed by atoms with Gasteiger partial charge in [-0.05, 0) is 55.6 Å². The van der Waals surface area contributed by atoms with Gasteiger partial charge in [0.25, 0.3) is 0 Å².